The van der Waals surface area contributed by atoms with Crippen LogP contribution in [0.5, 0.6) is 0 Å². The lowest BCUT2D eigenvalue weighted by atomic mass is 9.96. The van der Waals surface area contributed by atoms with Crippen LogP contribution in [0.15, 0.2) is 53.6 Å². The molecule has 1 fully saturated rings. The smallest absolute Gasteiger partial charge is 0.240 e. The van der Waals surface area contributed by atoms with Crippen LogP contribution in [0, 0.1) is 12.7 Å². The van der Waals surface area contributed by atoms with Crippen molar-refractivity contribution in [3.8, 4) is 0 Å². The van der Waals surface area contributed by atoms with Crippen LogP contribution >= 0.6 is 0 Å². The van der Waals surface area contributed by atoms with E-state index >= 15 is 0 Å². The molecule has 136 valence electrons. The summed E-state index contributed by atoms with van der Waals surface area (Å²) in [6, 6.07) is 12.0. The predicted octanol–water partition coefficient (Wildman–Crippen LogP) is 3.64. The summed E-state index contributed by atoms with van der Waals surface area (Å²) in [4.78, 5) is 0.102. The van der Waals surface area contributed by atoms with Crippen LogP contribution in [0.25, 0.3) is 10.9 Å². The van der Waals surface area contributed by atoms with Gasteiger partial charge in [-0.2, -0.15) is 0 Å². The van der Waals surface area contributed by atoms with Gasteiger partial charge in [-0.3, -0.25) is 0 Å². The number of hydrogen-bond donors (Lipinski definition) is 1. The third-order valence-corrected chi connectivity index (χ3v) is 6.76. The lowest BCUT2D eigenvalue weighted by Gasteiger charge is -2.16. The number of benzene rings is 2. The van der Waals surface area contributed by atoms with Gasteiger partial charge in [0.25, 0.3) is 0 Å². The molecule has 0 spiro atoms. The minimum absolute atomic E-state index is 0.102. The van der Waals surface area contributed by atoms with Crippen LogP contribution in [0.4, 0.5) is 4.39 Å². The van der Waals surface area contributed by atoms with Gasteiger partial charge in [0.15, 0.2) is 0 Å². The van der Waals surface area contributed by atoms with Crippen molar-refractivity contribution >= 4 is 20.9 Å². The molecule has 0 bridgehead atoms. The molecular weight excluding hydrogens is 351 g/mol. The maximum Gasteiger partial charge on any atom is 0.240 e. The first-order valence-electron chi connectivity index (χ1n) is 8.63. The summed E-state index contributed by atoms with van der Waals surface area (Å²) in [7, 11) is -1.66. The maximum atomic E-state index is 13.4. The molecule has 4 nitrogen and oxygen atoms in total. The van der Waals surface area contributed by atoms with Gasteiger partial charge in [0.2, 0.25) is 10.0 Å². The summed E-state index contributed by atoms with van der Waals surface area (Å²) in [6.07, 6.45) is 4.01. The molecule has 26 heavy (non-hydrogen) atoms. The Morgan fingerprint density at radius 1 is 1.19 bits per heavy atom. The number of sulfonamides is 1. The molecule has 0 unspecified atom stereocenters. The minimum atomic E-state index is -3.67. The number of fused-ring (bicyclic) bond motifs is 1. The van der Waals surface area contributed by atoms with Gasteiger partial charge in [-0.1, -0.05) is 18.2 Å². The van der Waals surface area contributed by atoms with E-state index in [1.165, 1.54) is 29.1 Å². The van der Waals surface area contributed by atoms with Crippen molar-refractivity contribution in [1.29, 1.82) is 0 Å². The molecule has 0 aliphatic heterocycles. The SMILES string of the molecule is Cc1cc(S(=O)(=O)NCC2(c3cn(C)c4ccccc34)CC2)ccc1F. The van der Waals surface area contributed by atoms with Crippen molar-refractivity contribution in [2.75, 3.05) is 6.54 Å². The quantitative estimate of drug-likeness (QED) is 0.743. The Balaban J connectivity index is 1.61. The molecule has 1 heterocycles. The highest BCUT2D eigenvalue weighted by Gasteiger charge is 2.46. The fourth-order valence-electron chi connectivity index (χ4n) is 3.56. The van der Waals surface area contributed by atoms with Crippen molar-refractivity contribution in [2.45, 2.75) is 30.1 Å². The van der Waals surface area contributed by atoms with Crippen molar-refractivity contribution in [2.24, 2.45) is 7.05 Å². The van der Waals surface area contributed by atoms with E-state index in [2.05, 4.69) is 27.6 Å². The number of halogens is 1. The summed E-state index contributed by atoms with van der Waals surface area (Å²) < 4.78 is 43.5. The zero-order chi connectivity index (χ0) is 18.5. The lowest BCUT2D eigenvalue weighted by Crippen LogP contribution is -2.32. The minimum Gasteiger partial charge on any atom is -0.350 e. The van der Waals surface area contributed by atoms with Gasteiger partial charge in [-0.25, -0.2) is 17.5 Å². The fraction of sp³-hybridized carbons (Fsp3) is 0.300. The molecule has 1 saturated carbocycles. The van der Waals surface area contributed by atoms with Crippen molar-refractivity contribution in [3.63, 3.8) is 0 Å². The molecule has 3 aromatic rings. The molecule has 1 aromatic heterocycles. The Labute approximate surface area is 152 Å². The van der Waals surface area contributed by atoms with Crippen LogP contribution in [-0.4, -0.2) is 19.5 Å². The maximum absolute atomic E-state index is 13.4. The Morgan fingerprint density at radius 3 is 2.62 bits per heavy atom. The average molecular weight is 372 g/mol. The molecular formula is C20H21FN2O2S. The highest BCUT2D eigenvalue weighted by atomic mass is 32.2. The van der Waals surface area contributed by atoms with Gasteiger partial charge in [-0.15, -0.1) is 0 Å². The third-order valence-electron chi connectivity index (χ3n) is 5.36. The van der Waals surface area contributed by atoms with Crippen molar-refractivity contribution in [3.05, 3.63) is 65.6 Å². The highest BCUT2D eigenvalue weighted by molar-refractivity contribution is 7.89. The zero-order valence-electron chi connectivity index (χ0n) is 14.8. The Morgan fingerprint density at radius 2 is 1.92 bits per heavy atom. The Kier molecular flexibility index (Phi) is 3.93. The second kappa shape index (κ2) is 5.93. The second-order valence-electron chi connectivity index (χ2n) is 7.19. The first kappa shape index (κ1) is 17.2. The summed E-state index contributed by atoms with van der Waals surface area (Å²) in [5.41, 5.74) is 2.49. The molecule has 6 heteroatoms. The number of rotatable bonds is 5. The lowest BCUT2D eigenvalue weighted by molar-refractivity contribution is 0.566. The number of para-hydroxylation sites is 1. The van der Waals surface area contributed by atoms with E-state index in [-0.39, 0.29) is 10.3 Å². The number of aryl methyl sites for hydroxylation is 2. The van der Waals surface area contributed by atoms with E-state index in [0.29, 0.717) is 12.1 Å². The predicted molar refractivity (Wildman–Crippen MR) is 100 cm³/mol. The highest BCUT2D eigenvalue weighted by Crippen LogP contribution is 2.50. The first-order valence-corrected chi connectivity index (χ1v) is 10.1. The summed E-state index contributed by atoms with van der Waals surface area (Å²) in [5, 5.41) is 1.17. The molecule has 0 atom stereocenters. The molecule has 1 aliphatic carbocycles. The van der Waals surface area contributed by atoms with E-state index in [4.69, 9.17) is 0 Å². The van der Waals surface area contributed by atoms with Crippen LogP contribution in [-0.2, 0) is 22.5 Å². The number of nitrogens with one attached hydrogen (secondary N) is 1. The fourth-order valence-corrected chi connectivity index (χ4v) is 4.77. The van der Waals surface area contributed by atoms with E-state index < -0.39 is 15.8 Å². The second-order valence-corrected chi connectivity index (χ2v) is 8.95. The largest absolute Gasteiger partial charge is 0.350 e. The van der Waals surface area contributed by atoms with Crippen molar-refractivity contribution in [1.82, 2.24) is 9.29 Å². The van der Waals surface area contributed by atoms with E-state index in [0.717, 1.165) is 18.4 Å². The first-order chi connectivity index (χ1) is 12.3. The van der Waals surface area contributed by atoms with Crippen LogP contribution < -0.4 is 4.72 Å². The van der Waals surface area contributed by atoms with Gasteiger partial charge in [0.05, 0.1) is 4.90 Å². The molecule has 1 N–H and O–H groups in total. The van der Waals surface area contributed by atoms with E-state index in [1.54, 1.807) is 6.92 Å². The van der Waals surface area contributed by atoms with Gasteiger partial charge >= 0.3 is 0 Å². The average Bonchev–Trinajstić information content (AvgIpc) is 3.34. The summed E-state index contributed by atoms with van der Waals surface area (Å²) in [6.45, 7) is 1.91. The molecule has 0 amide bonds. The summed E-state index contributed by atoms with van der Waals surface area (Å²) in [5.74, 6) is -0.404. The van der Waals surface area contributed by atoms with Crippen LogP contribution in [0.1, 0.15) is 24.0 Å². The van der Waals surface area contributed by atoms with Crippen LogP contribution in [0.2, 0.25) is 0 Å². The van der Waals surface area contributed by atoms with E-state index in [9.17, 15) is 12.8 Å². The Hall–Kier alpha value is -2.18. The molecule has 2 aromatic carbocycles. The topological polar surface area (TPSA) is 51.1 Å². The third kappa shape index (κ3) is 2.83. The number of aromatic nitrogens is 1. The number of nitrogens with zero attached hydrogens (tertiary/aromatic N) is 1. The van der Waals surface area contributed by atoms with Gasteiger partial charge < -0.3 is 4.57 Å². The van der Waals surface area contributed by atoms with Gasteiger partial charge in [0.1, 0.15) is 5.82 Å². The normalized spacial score (nSPS) is 16.1. The standard InChI is InChI=1S/C20H21FN2O2S/c1-14-11-15(7-8-18(14)21)26(24,25)22-13-20(9-10-20)17-12-23(2)19-6-4-3-5-16(17)19/h3-8,11-12,22H,9-10,13H2,1-2H3. The Bertz CT molecular complexity index is 1100. The monoisotopic (exact) mass is 372 g/mol. The van der Waals surface area contributed by atoms with Gasteiger partial charge in [-0.05, 0) is 55.2 Å². The van der Waals surface area contributed by atoms with Crippen molar-refractivity contribution < 1.29 is 12.8 Å². The molecule has 0 radical (unpaired) electrons. The van der Waals surface area contributed by atoms with E-state index in [1.807, 2.05) is 19.2 Å². The zero-order valence-corrected chi connectivity index (χ0v) is 15.6. The molecule has 4 rings (SSSR count). The molecule has 1 aliphatic rings. The van der Waals surface area contributed by atoms with Crippen LogP contribution in [0.3, 0.4) is 0 Å². The summed E-state index contributed by atoms with van der Waals surface area (Å²) >= 11 is 0. The number of hydrogen-bond acceptors (Lipinski definition) is 2. The molecule has 0 saturated heterocycles. The van der Waals surface area contributed by atoms with Gasteiger partial charge in [0, 0.05) is 36.1 Å².